The van der Waals surface area contributed by atoms with Crippen LogP contribution >= 0.6 is 0 Å². The van der Waals surface area contributed by atoms with Crippen LogP contribution in [0, 0.1) is 11.3 Å². The molecule has 0 radical (unpaired) electrons. The van der Waals surface area contributed by atoms with E-state index in [4.69, 9.17) is 47.4 Å². The standard InChI is InChI=1S/C39H41NO12/c1-22-29(32-34(37(43-4)45-22)52-39(2,3)51-32)50-38-33(49-36(42)24-15-9-6-10-16-24)31(48-35(41)23-13-7-5-8-14-23)30-27(46-38)21-44-28(47-30)19-25-17-11-12-18-26(25)20-40/h5-18,22,27-34,37-38H,19,21H2,1-4H3/t22-,27+,28-,29-,30-,31-,32+,33+,34+,37+,38-/m0/s1. The molecule has 0 N–H and O–H groups in total. The van der Waals surface area contributed by atoms with Crippen LogP contribution in [0.2, 0.25) is 0 Å². The molecule has 274 valence electrons. The molecule has 4 aliphatic rings. The number of ether oxygens (including phenoxy) is 10. The molecule has 4 saturated heterocycles. The van der Waals surface area contributed by atoms with Crippen LogP contribution in [-0.2, 0) is 53.8 Å². The minimum atomic E-state index is -1.34. The Hall–Kier alpha value is -4.23. The van der Waals surface area contributed by atoms with Gasteiger partial charge < -0.3 is 47.4 Å². The van der Waals surface area contributed by atoms with Gasteiger partial charge in [-0.1, -0.05) is 54.6 Å². The van der Waals surface area contributed by atoms with Gasteiger partial charge in [0.25, 0.3) is 0 Å². The first-order chi connectivity index (χ1) is 25.1. The van der Waals surface area contributed by atoms with Gasteiger partial charge in [0.2, 0.25) is 0 Å². The Labute approximate surface area is 301 Å². The molecule has 4 aliphatic heterocycles. The highest BCUT2D eigenvalue weighted by molar-refractivity contribution is 5.90. The molecule has 0 bridgehead atoms. The van der Waals surface area contributed by atoms with Crippen molar-refractivity contribution in [1.29, 1.82) is 5.26 Å². The highest BCUT2D eigenvalue weighted by Crippen LogP contribution is 2.41. The average Bonchev–Trinajstić information content (AvgIpc) is 3.49. The van der Waals surface area contributed by atoms with Crippen LogP contribution in [0.3, 0.4) is 0 Å². The molecule has 7 rings (SSSR count). The molecule has 4 fully saturated rings. The number of hydrogen-bond acceptors (Lipinski definition) is 13. The number of nitriles is 1. The van der Waals surface area contributed by atoms with E-state index < -0.39 is 85.4 Å². The van der Waals surface area contributed by atoms with Crippen molar-refractivity contribution in [2.24, 2.45) is 0 Å². The maximum atomic E-state index is 13.7. The Morgan fingerprint density at radius 3 is 2.04 bits per heavy atom. The summed E-state index contributed by atoms with van der Waals surface area (Å²) in [5.41, 5.74) is 1.74. The number of carbonyl (C=O) groups excluding carboxylic acids is 2. The van der Waals surface area contributed by atoms with Crippen LogP contribution in [0.15, 0.2) is 84.9 Å². The molecular weight excluding hydrogens is 674 g/mol. The maximum absolute atomic E-state index is 13.7. The monoisotopic (exact) mass is 715 g/mol. The third-order valence-electron chi connectivity index (χ3n) is 9.47. The van der Waals surface area contributed by atoms with Crippen molar-refractivity contribution >= 4 is 11.9 Å². The lowest BCUT2D eigenvalue weighted by molar-refractivity contribution is -0.375. The van der Waals surface area contributed by atoms with Crippen molar-refractivity contribution in [2.45, 2.75) is 101 Å². The first-order valence-electron chi connectivity index (χ1n) is 17.3. The van der Waals surface area contributed by atoms with Crippen LogP contribution in [0.25, 0.3) is 0 Å². The number of nitrogens with zero attached hydrogens (tertiary/aromatic N) is 1. The number of esters is 2. The number of rotatable bonds is 9. The van der Waals surface area contributed by atoms with Gasteiger partial charge in [-0.3, -0.25) is 0 Å². The highest BCUT2D eigenvalue weighted by atomic mass is 16.8. The normalized spacial score (nSPS) is 33.6. The zero-order valence-corrected chi connectivity index (χ0v) is 29.2. The second-order valence-electron chi connectivity index (χ2n) is 13.5. The first-order valence-corrected chi connectivity index (χ1v) is 17.3. The summed E-state index contributed by atoms with van der Waals surface area (Å²) < 4.78 is 62.4. The van der Waals surface area contributed by atoms with E-state index in [2.05, 4.69) is 6.07 Å². The van der Waals surface area contributed by atoms with Crippen LogP contribution in [-0.4, -0.2) is 99.1 Å². The third kappa shape index (κ3) is 7.61. The van der Waals surface area contributed by atoms with E-state index in [1.165, 1.54) is 7.11 Å². The number of benzene rings is 3. The van der Waals surface area contributed by atoms with Gasteiger partial charge in [-0.15, -0.1) is 0 Å². The lowest BCUT2D eigenvalue weighted by Gasteiger charge is -2.50. The molecule has 0 unspecified atom stereocenters. The largest absolute Gasteiger partial charge is 0.452 e. The van der Waals surface area contributed by atoms with E-state index in [-0.39, 0.29) is 24.2 Å². The van der Waals surface area contributed by atoms with Crippen LogP contribution in [0.1, 0.15) is 52.6 Å². The summed E-state index contributed by atoms with van der Waals surface area (Å²) in [5, 5.41) is 9.69. The van der Waals surface area contributed by atoms with E-state index in [9.17, 15) is 14.9 Å². The fourth-order valence-electron chi connectivity index (χ4n) is 7.04. The van der Waals surface area contributed by atoms with Gasteiger partial charge in [0.1, 0.15) is 30.5 Å². The second-order valence-corrected chi connectivity index (χ2v) is 13.5. The van der Waals surface area contributed by atoms with Crippen molar-refractivity contribution in [3.05, 3.63) is 107 Å². The van der Waals surface area contributed by atoms with Crippen molar-refractivity contribution in [3.63, 3.8) is 0 Å². The summed E-state index contributed by atoms with van der Waals surface area (Å²) in [6.45, 7) is 5.39. The van der Waals surface area contributed by atoms with Crippen molar-refractivity contribution in [2.75, 3.05) is 13.7 Å². The molecule has 3 aromatic carbocycles. The molecule has 0 aromatic heterocycles. The maximum Gasteiger partial charge on any atom is 0.338 e. The van der Waals surface area contributed by atoms with E-state index in [1.54, 1.807) is 86.6 Å². The topological polar surface area (TPSA) is 150 Å². The van der Waals surface area contributed by atoms with Crippen LogP contribution < -0.4 is 0 Å². The number of hydrogen-bond donors (Lipinski definition) is 0. The number of carbonyl (C=O) groups is 2. The molecule has 52 heavy (non-hydrogen) atoms. The predicted octanol–water partition coefficient (Wildman–Crippen LogP) is 4.31. The van der Waals surface area contributed by atoms with Crippen LogP contribution in [0.4, 0.5) is 0 Å². The molecule has 0 spiro atoms. The SMILES string of the molecule is CO[C@@H]1O[C@@H](C)[C@H](O[C@@H]2O[C@@H]3CO[C@H](Cc4ccccc4C#N)O[C@@H]3[C@H](OC(=O)c3ccccc3)[C@H]2OC(=O)c2ccccc2)[C@H]2OC(C)(C)O[C@@H]12. The highest BCUT2D eigenvalue weighted by Gasteiger charge is 2.59. The molecule has 3 aromatic rings. The number of methoxy groups -OCH3 is 1. The van der Waals surface area contributed by atoms with E-state index >= 15 is 0 Å². The summed E-state index contributed by atoms with van der Waals surface area (Å²) in [6, 6.07) is 26.2. The van der Waals surface area contributed by atoms with Crippen LogP contribution in [0.5, 0.6) is 0 Å². The van der Waals surface area contributed by atoms with E-state index in [0.29, 0.717) is 11.1 Å². The third-order valence-corrected chi connectivity index (χ3v) is 9.47. The molecule has 0 aliphatic carbocycles. The molecule has 0 amide bonds. The minimum Gasteiger partial charge on any atom is -0.452 e. The van der Waals surface area contributed by atoms with Crippen molar-refractivity contribution < 1.29 is 57.0 Å². The smallest absolute Gasteiger partial charge is 0.338 e. The molecule has 13 heteroatoms. The van der Waals surface area contributed by atoms with Gasteiger partial charge in [0.05, 0.1) is 35.5 Å². The summed E-state index contributed by atoms with van der Waals surface area (Å²) >= 11 is 0. The van der Waals surface area contributed by atoms with Gasteiger partial charge in [-0.05, 0) is 56.7 Å². The van der Waals surface area contributed by atoms with Crippen molar-refractivity contribution in [1.82, 2.24) is 0 Å². The Bertz CT molecular complexity index is 1750. The van der Waals surface area contributed by atoms with Gasteiger partial charge >= 0.3 is 11.9 Å². The summed E-state index contributed by atoms with van der Waals surface area (Å²) in [6.07, 6.45) is -9.73. The molecular formula is C39H41NO12. The lowest BCUT2D eigenvalue weighted by atomic mass is 9.95. The Morgan fingerprint density at radius 2 is 1.38 bits per heavy atom. The quantitative estimate of drug-likeness (QED) is 0.290. The fraction of sp³-hybridized carbons (Fsp3) is 0.462. The first kappa shape index (κ1) is 36.1. The fourth-order valence-corrected chi connectivity index (χ4v) is 7.04. The second kappa shape index (κ2) is 15.4. The molecule has 4 heterocycles. The summed E-state index contributed by atoms with van der Waals surface area (Å²) in [7, 11) is 1.52. The Morgan fingerprint density at radius 1 is 0.769 bits per heavy atom. The lowest BCUT2D eigenvalue weighted by Crippen LogP contribution is -2.67. The number of fused-ring (bicyclic) bond motifs is 2. The minimum absolute atomic E-state index is 0.0177. The van der Waals surface area contributed by atoms with Gasteiger partial charge in [0.15, 0.2) is 36.9 Å². The molecule has 11 atom stereocenters. The zero-order chi connectivity index (χ0) is 36.4. The van der Waals surface area contributed by atoms with Gasteiger partial charge in [0, 0.05) is 13.5 Å². The predicted molar refractivity (Wildman–Crippen MR) is 179 cm³/mol. The van der Waals surface area contributed by atoms with E-state index in [1.807, 2.05) is 19.1 Å². The van der Waals surface area contributed by atoms with Crippen molar-refractivity contribution in [3.8, 4) is 6.07 Å². The van der Waals surface area contributed by atoms with E-state index in [0.717, 1.165) is 0 Å². The summed E-state index contributed by atoms with van der Waals surface area (Å²) in [4.78, 5) is 27.5. The Kier molecular flexibility index (Phi) is 10.7. The molecule has 13 nitrogen and oxygen atoms in total. The zero-order valence-electron chi connectivity index (χ0n) is 29.2. The van der Waals surface area contributed by atoms with Gasteiger partial charge in [-0.25, -0.2) is 9.59 Å². The Balaban J connectivity index is 1.23. The molecule has 0 saturated carbocycles. The summed E-state index contributed by atoms with van der Waals surface area (Å²) in [5.74, 6) is -2.34. The average molecular weight is 716 g/mol. The van der Waals surface area contributed by atoms with Gasteiger partial charge in [-0.2, -0.15) is 5.26 Å².